The van der Waals surface area contributed by atoms with Crippen LogP contribution in [-0.2, 0) is 22.8 Å². The van der Waals surface area contributed by atoms with Crippen LogP contribution in [0.15, 0.2) is 255 Å². The zero-order chi connectivity index (χ0) is 57.0. The van der Waals surface area contributed by atoms with Gasteiger partial charge < -0.3 is 18.7 Å². The van der Waals surface area contributed by atoms with Gasteiger partial charge in [0, 0.05) is 68.0 Å². The number of amidine groups is 2. The summed E-state index contributed by atoms with van der Waals surface area (Å²) in [7, 11) is 1.84. The molecular weight excluding hydrogens is 1010 g/mol. The Kier molecular flexibility index (Phi) is 13.4. The second-order valence-electron chi connectivity index (χ2n) is 24.2. The van der Waals surface area contributed by atoms with Crippen molar-refractivity contribution in [3.05, 3.63) is 270 Å². The van der Waals surface area contributed by atoms with E-state index in [1.165, 1.54) is 38.6 Å². The number of para-hydroxylation sites is 2. The first kappa shape index (κ1) is 52.8. The summed E-state index contributed by atoms with van der Waals surface area (Å²) < 4.78 is 15.9. The van der Waals surface area contributed by atoms with Gasteiger partial charge in [-0.15, -0.1) is 0 Å². The van der Waals surface area contributed by atoms with E-state index in [1.807, 2.05) is 31.3 Å². The molecule has 0 fully saturated rings. The number of furan rings is 2. The Morgan fingerprint density at radius 3 is 1.35 bits per heavy atom. The fourth-order valence-electron chi connectivity index (χ4n) is 12.5. The monoisotopic (exact) mass is 1080 g/mol. The summed E-state index contributed by atoms with van der Waals surface area (Å²) in [5, 5.41) is 10.5. The largest absolute Gasteiger partial charge is 0.456 e. The van der Waals surface area contributed by atoms with Crippen LogP contribution < -0.4 is 5.32 Å². The van der Waals surface area contributed by atoms with Gasteiger partial charge in [0.05, 0.1) is 23.1 Å². The number of rotatable bonds is 11. The van der Waals surface area contributed by atoms with Crippen molar-refractivity contribution >= 4 is 82.9 Å². The minimum Gasteiger partial charge on any atom is -0.456 e. The summed E-state index contributed by atoms with van der Waals surface area (Å²) in [6.07, 6.45) is 2.93. The summed E-state index contributed by atoms with van der Waals surface area (Å²) in [5.74, 6) is 1.30. The van der Waals surface area contributed by atoms with Gasteiger partial charge in [0.25, 0.3) is 0 Å². The maximum Gasteiger partial charge on any atom is 0.136 e. The standard InChI is InChI=1S/C77H68N4O2/c1-9-66(53-32-20-13-21-33-53)77(48-50-26-14-10-15-27-50,81-71-62(51-28-16-11-17-29-51)44-56(75(2,3)4)46-64(71)65-47-57(76(5,6)7)45-63(72(65)81)52-30-18-12-19-31-52)49-79-74(55-39-41-61-59-35-23-25-37-68(59)83-70(61)43-55)80-73(78-8)54-38-40-60-58-34-22-24-36-67(58)82-69(60)42-54/h9-47H,48-49H2,1-8H3,(H,78,79,80)/b66-9-. The van der Waals surface area contributed by atoms with Crippen molar-refractivity contribution < 1.29 is 8.83 Å². The summed E-state index contributed by atoms with van der Waals surface area (Å²) in [6, 6.07) is 83.2. The predicted molar refractivity (Wildman–Crippen MR) is 350 cm³/mol. The molecule has 0 spiro atoms. The van der Waals surface area contributed by atoms with Crippen LogP contribution in [-0.4, -0.2) is 29.8 Å². The minimum absolute atomic E-state index is 0.172. The number of nitrogens with zero attached hydrogens (tertiary/aromatic N) is 3. The summed E-state index contributed by atoms with van der Waals surface area (Å²) in [4.78, 5) is 11.1. The van der Waals surface area contributed by atoms with E-state index in [0.717, 1.165) is 88.3 Å². The quantitative estimate of drug-likeness (QED) is 0.104. The van der Waals surface area contributed by atoms with Crippen molar-refractivity contribution in [3.8, 4) is 22.3 Å². The molecule has 0 amide bonds. The summed E-state index contributed by atoms with van der Waals surface area (Å²) in [6.45, 7) is 16.5. The average Bonchev–Trinajstić information content (AvgIpc) is 3.69. The summed E-state index contributed by atoms with van der Waals surface area (Å²) >= 11 is 0. The first-order valence-electron chi connectivity index (χ1n) is 29.0. The molecule has 6 nitrogen and oxygen atoms in total. The third-order valence-corrected chi connectivity index (χ3v) is 16.8. The van der Waals surface area contributed by atoms with Crippen LogP contribution in [0.4, 0.5) is 0 Å². The van der Waals surface area contributed by atoms with Crippen LogP contribution in [0.2, 0.25) is 0 Å². The molecular formula is C77H68N4O2. The van der Waals surface area contributed by atoms with E-state index in [2.05, 4.69) is 271 Å². The molecule has 1 unspecified atom stereocenters. The first-order valence-corrected chi connectivity index (χ1v) is 29.0. The number of nitrogens with one attached hydrogen (secondary N) is 1. The highest BCUT2D eigenvalue weighted by atomic mass is 16.3. The van der Waals surface area contributed by atoms with E-state index in [1.54, 1.807) is 0 Å². The molecule has 0 saturated carbocycles. The predicted octanol–water partition coefficient (Wildman–Crippen LogP) is 19.7. The molecule has 1 N–H and O–H groups in total. The van der Waals surface area contributed by atoms with E-state index in [9.17, 15) is 0 Å². The van der Waals surface area contributed by atoms with Crippen molar-refractivity contribution in [3.63, 3.8) is 0 Å². The summed E-state index contributed by atoms with van der Waals surface area (Å²) in [5.41, 5.74) is 16.6. The van der Waals surface area contributed by atoms with Crippen molar-refractivity contribution in [2.75, 3.05) is 13.6 Å². The van der Waals surface area contributed by atoms with Crippen molar-refractivity contribution in [1.29, 1.82) is 0 Å². The Morgan fingerprint density at radius 2 is 0.880 bits per heavy atom. The SMILES string of the molecule is C/C=C(/c1ccccc1)C(CN=C(NC(=NC)c1ccc2c(c1)oc1ccccc12)c1ccc2c(c1)oc1ccccc12)(Cc1ccccc1)n1c2c(-c3ccccc3)cc(C(C)(C)C)cc2c2cc(C(C)(C)C)cc(-c3ccccc3)c21. The van der Waals surface area contributed by atoms with Crippen molar-refractivity contribution in [2.24, 2.45) is 9.98 Å². The fraction of sp³-hybridized carbons (Fsp3) is 0.169. The maximum atomic E-state index is 6.67. The Labute approximate surface area is 486 Å². The first-order chi connectivity index (χ1) is 40.3. The molecule has 3 aromatic heterocycles. The van der Waals surface area contributed by atoms with E-state index in [4.69, 9.17) is 18.8 Å². The fourth-order valence-corrected chi connectivity index (χ4v) is 12.5. The molecule has 3 heterocycles. The molecule has 0 radical (unpaired) electrons. The highest BCUT2D eigenvalue weighted by Crippen LogP contribution is 2.51. The lowest BCUT2D eigenvalue weighted by molar-refractivity contribution is 0.418. The van der Waals surface area contributed by atoms with Crippen molar-refractivity contribution in [1.82, 2.24) is 9.88 Å². The molecule has 6 heteroatoms. The number of allylic oxidation sites excluding steroid dienone is 1. The Morgan fingerprint density at radius 1 is 0.446 bits per heavy atom. The molecule has 13 rings (SSSR count). The van der Waals surface area contributed by atoms with E-state index in [0.29, 0.717) is 24.6 Å². The third-order valence-electron chi connectivity index (χ3n) is 16.8. The lowest BCUT2D eigenvalue weighted by Crippen LogP contribution is -2.42. The van der Waals surface area contributed by atoms with Gasteiger partial charge in [-0.2, -0.15) is 0 Å². The van der Waals surface area contributed by atoms with E-state index >= 15 is 0 Å². The lowest BCUT2D eigenvalue weighted by atomic mass is 9.78. The molecule has 408 valence electrons. The van der Waals surface area contributed by atoms with Crippen molar-refractivity contribution in [2.45, 2.75) is 71.3 Å². The topological polar surface area (TPSA) is 68.0 Å². The number of fused-ring (bicyclic) bond motifs is 9. The van der Waals surface area contributed by atoms with Crippen LogP contribution in [0.3, 0.4) is 0 Å². The number of aliphatic imine (C=N–C) groups is 2. The minimum atomic E-state index is -0.940. The van der Waals surface area contributed by atoms with Crippen LogP contribution >= 0.6 is 0 Å². The molecule has 0 aliphatic rings. The molecule has 13 aromatic rings. The normalized spacial score (nSPS) is 13.7. The Hall–Kier alpha value is -9.52. The van der Waals surface area contributed by atoms with Gasteiger partial charge in [0.2, 0.25) is 0 Å². The number of benzene rings is 10. The van der Waals surface area contributed by atoms with Gasteiger partial charge in [0.1, 0.15) is 34.0 Å². The van der Waals surface area contributed by atoms with E-state index in [-0.39, 0.29) is 10.8 Å². The molecule has 83 heavy (non-hydrogen) atoms. The molecule has 10 aromatic carbocycles. The number of hydrogen-bond donors (Lipinski definition) is 1. The zero-order valence-corrected chi connectivity index (χ0v) is 48.6. The second kappa shape index (κ2) is 21.1. The zero-order valence-electron chi connectivity index (χ0n) is 48.6. The van der Waals surface area contributed by atoms with Crippen LogP contribution in [0.5, 0.6) is 0 Å². The van der Waals surface area contributed by atoms with E-state index < -0.39 is 5.54 Å². The van der Waals surface area contributed by atoms with Crippen LogP contribution in [0.1, 0.15) is 81.8 Å². The highest BCUT2D eigenvalue weighted by molar-refractivity contribution is 6.19. The van der Waals surface area contributed by atoms with Gasteiger partial charge >= 0.3 is 0 Å². The second-order valence-corrected chi connectivity index (χ2v) is 24.2. The van der Waals surface area contributed by atoms with Gasteiger partial charge in [-0.3, -0.25) is 9.98 Å². The maximum absolute atomic E-state index is 6.67. The van der Waals surface area contributed by atoms with Gasteiger partial charge in [-0.25, -0.2) is 0 Å². The van der Waals surface area contributed by atoms with Gasteiger partial charge in [-0.05, 0) is 117 Å². The molecule has 0 aliphatic carbocycles. The van der Waals surface area contributed by atoms with Gasteiger partial charge in [-0.1, -0.05) is 217 Å². The highest BCUT2D eigenvalue weighted by Gasteiger charge is 2.42. The molecule has 0 bridgehead atoms. The Bertz CT molecular complexity index is 4550. The lowest BCUT2D eigenvalue weighted by Gasteiger charge is -2.40. The third kappa shape index (κ3) is 9.62. The number of aromatic nitrogens is 1. The van der Waals surface area contributed by atoms with Crippen LogP contribution in [0, 0.1) is 0 Å². The Balaban J connectivity index is 1.17. The molecule has 0 saturated heterocycles. The molecule has 0 aliphatic heterocycles. The number of hydrogen-bond acceptors (Lipinski definition) is 4. The van der Waals surface area contributed by atoms with Crippen LogP contribution in [0.25, 0.3) is 93.5 Å². The average molecular weight is 1080 g/mol. The van der Waals surface area contributed by atoms with Gasteiger partial charge in [0.15, 0.2) is 0 Å². The molecule has 1 atom stereocenters. The smallest absolute Gasteiger partial charge is 0.136 e.